The van der Waals surface area contributed by atoms with Crippen LogP contribution in [0.4, 0.5) is 0 Å². The smallest absolute Gasteiger partial charge is 0.331 e. The maximum atomic E-state index is 11.8. The van der Waals surface area contributed by atoms with Crippen LogP contribution in [0, 0.1) is 16.7 Å². The molecule has 106 valence electrons. The number of hydrogen-bond donors (Lipinski definition) is 1. The Bertz CT molecular complexity index is 444. The number of ether oxygens (including phenoxy) is 1. The zero-order chi connectivity index (χ0) is 14.5. The summed E-state index contributed by atoms with van der Waals surface area (Å²) >= 11 is 0. The third-order valence-corrected chi connectivity index (χ3v) is 5.81. The van der Waals surface area contributed by atoms with Crippen LogP contribution in [0.3, 0.4) is 0 Å². The number of rotatable bonds is 3. The first kappa shape index (κ1) is 14.1. The molecule has 2 bridgehead atoms. The molecule has 3 unspecified atom stereocenters. The van der Waals surface area contributed by atoms with E-state index in [9.17, 15) is 9.59 Å². The van der Waals surface area contributed by atoms with E-state index in [1.807, 2.05) is 6.92 Å². The first-order valence-corrected chi connectivity index (χ1v) is 6.76. The van der Waals surface area contributed by atoms with Gasteiger partial charge in [-0.3, -0.25) is 0 Å². The van der Waals surface area contributed by atoms with Crippen molar-refractivity contribution in [2.24, 2.45) is 16.7 Å². The lowest BCUT2D eigenvalue weighted by Gasteiger charge is -2.50. The fourth-order valence-corrected chi connectivity index (χ4v) is 4.09. The van der Waals surface area contributed by atoms with E-state index in [-0.39, 0.29) is 10.8 Å². The standard InChI is InChI=1S/C15H22O4/c1-13(2)10-7-8-14(3,9-10)15(13,4)19-12(18)6-5-11(16)17/h5-6,10H,7-9H2,1-4H3,(H,16,17). The third kappa shape index (κ3) is 1.88. The van der Waals surface area contributed by atoms with Gasteiger partial charge in [-0.25, -0.2) is 9.59 Å². The maximum absolute atomic E-state index is 11.8. The van der Waals surface area contributed by atoms with Gasteiger partial charge in [0.25, 0.3) is 0 Å². The minimum Gasteiger partial charge on any atom is -0.478 e. The average molecular weight is 266 g/mol. The van der Waals surface area contributed by atoms with Crippen molar-refractivity contribution in [1.82, 2.24) is 0 Å². The molecule has 2 rings (SSSR count). The molecule has 0 amide bonds. The number of fused-ring (bicyclic) bond motifs is 2. The topological polar surface area (TPSA) is 63.6 Å². The molecule has 0 aromatic carbocycles. The summed E-state index contributed by atoms with van der Waals surface area (Å²) in [7, 11) is 0. The van der Waals surface area contributed by atoms with Crippen LogP contribution in [-0.2, 0) is 14.3 Å². The second-order valence-corrected chi connectivity index (χ2v) is 6.85. The Balaban J connectivity index is 2.22. The van der Waals surface area contributed by atoms with E-state index in [0.29, 0.717) is 5.92 Å². The minimum atomic E-state index is -1.14. The Morgan fingerprint density at radius 2 is 1.84 bits per heavy atom. The van der Waals surface area contributed by atoms with E-state index in [0.717, 1.165) is 25.0 Å². The fourth-order valence-electron chi connectivity index (χ4n) is 4.09. The van der Waals surface area contributed by atoms with E-state index < -0.39 is 17.5 Å². The van der Waals surface area contributed by atoms with Gasteiger partial charge in [-0.15, -0.1) is 0 Å². The highest BCUT2D eigenvalue weighted by Crippen LogP contribution is 2.69. The maximum Gasteiger partial charge on any atom is 0.331 e. The Labute approximate surface area is 113 Å². The lowest BCUT2D eigenvalue weighted by atomic mass is 9.61. The molecule has 4 heteroatoms. The first-order valence-electron chi connectivity index (χ1n) is 6.76. The first-order chi connectivity index (χ1) is 8.62. The summed E-state index contributed by atoms with van der Waals surface area (Å²) in [5.74, 6) is -1.13. The molecule has 0 aliphatic heterocycles. The molecule has 4 nitrogen and oxygen atoms in total. The number of esters is 1. The summed E-state index contributed by atoms with van der Waals surface area (Å²) in [5, 5.41) is 8.55. The van der Waals surface area contributed by atoms with Crippen molar-refractivity contribution in [2.75, 3.05) is 0 Å². The molecule has 3 atom stereocenters. The van der Waals surface area contributed by atoms with Crippen molar-refractivity contribution >= 4 is 11.9 Å². The Morgan fingerprint density at radius 1 is 1.21 bits per heavy atom. The van der Waals surface area contributed by atoms with Crippen LogP contribution in [0.1, 0.15) is 47.0 Å². The van der Waals surface area contributed by atoms with E-state index in [1.165, 1.54) is 6.42 Å². The number of carbonyl (C=O) groups is 2. The summed E-state index contributed by atoms with van der Waals surface area (Å²) in [6.45, 7) is 8.47. The highest BCUT2D eigenvalue weighted by atomic mass is 16.6. The average Bonchev–Trinajstić information content (AvgIpc) is 2.75. The molecular weight excluding hydrogens is 244 g/mol. The van der Waals surface area contributed by atoms with Gasteiger partial charge in [-0.05, 0) is 32.1 Å². The lowest BCUT2D eigenvalue weighted by molar-refractivity contribution is -0.187. The monoisotopic (exact) mass is 266 g/mol. The van der Waals surface area contributed by atoms with Gasteiger partial charge in [0, 0.05) is 23.0 Å². The van der Waals surface area contributed by atoms with Crippen molar-refractivity contribution in [3.63, 3.8) is 0 Å². The zero-order valence-electron chi connectivity index (χ0n) is 12.0. The van der Waals surface area contributed by atoms with Gasteiger partial charge in [0.1, 0.15) is 5.60 Å². The number of hydrogen-bond acceptors (Lipinski definition) is 3. The Hall–Kier alpha value is -1.32. The predicted octanol–water partition coefficient (Wildman–Crippen LogP) is 2.78. The molecule has 0 aromatic rings. The van der Waals surface area contributed by atoms with E-state index in [1.54, 1.807) is 0 Å². The summed E-state index contributed by atoms with van der Waals surface area (Å²) in [5.41, 5.74) is -0.622. The normalized spacial score (nSPS) is 39.7. The largest absolute Gasteiger partial charge is 0.478 e. The highest BCUT2D eigenvalue weighted by molar-refractivity contribution is 5.91. The van der Waals surface area contributed by atoms with Crippen molar-refractivity contribution in [2.45, 2.75) is 52.6 Å². The van der Waals surface area contributed by atoms with Gasteiger partial charge in [-0.2, -0.15) is 0 Å². The summed E-state index contributed by atoms with van der Waals surface area (Å²) in [4.78, 5) is 22.3. The zero-order valence-corrected chi connectivity index (χ0v) is 12.0. The summed E-state index contributed by atoms with van der Waals surface area (Å²) in [6, 6.07) is 0. The molecule has 2 fully saturated rings. The molecule has 1 N–H and O–H groups in total. The van der Waals surface area contributed by atoms with Crippen LogP contribution in [0.15, 0.2) is 12.2 Å². The van der Waals surface area contributed by atoms with Gasteiger partial charge in [0.2, 0.25) is 0 Å². The molecule has 2 saturated carbocycles. The lowest BCUT2D eigenvalue weighted by Crippen LogP contribution is -2.54. The molecule has 0 spiro atoms. The van der Waals surface area contributed by atoms with Crippen LogP contribution in [-0.4, -0.2) is 22.6 Å². The second-order valence-electron chi connectivity index (χ2n) is 6.85. The number of aliphatic carboxylic acids is 1. The van der Waals surface area contributed by atoms with Crippen molar-refractivity contribution in [3.05, 3.63) is 12.2 Å². The van der Waals surface area contributed by atoms with Crippen molar-refractivity contribution in [3.8, 4) is 0 Å². The second kappa shape index (κ2) is 4.09. The quantitative estimate of drug-likeness (QED) is 0.630. The number of carboxylic acid groups (broad SMARTS) is 1. The Morgan fingerprint density at radius 3 is 2.32 bits per heavy atom. The molecule has 0 heterocycles. The SMILES string of the molecule is CC12CCC(C1)C(C)(C)C2(C)OC(=O)C=CC(=O)O. The molecule has 2 aliphatic rings. The van der Waals surface area contributed by atoms with Crippen LogP contribution >= 0.6 is 0 Å². The molecule has 0 radical (unpaired) electrons. The molecule has 0 aromatic heterocycles. The summed E-state index contributed by atoms with van der Waals surface area (Å²) in [6.07, 6.45) is 5.15. The highest BCUT2D eigenvalue weighted by Gasteiger charge is 2.68. The van der Waals surface area contributed by atoms with E-state index in [2.05, 4.69) is 20.8 Å². The van der Waals surface area contributed by atoms with Gasteiger partial charge >= 0.3 is 11.9 Å². The molecular formula is C15H22O4. The Kier molecular flexibility index (Phi) is 3.03. The number of carbonyl (C=O) groups excluding carboxylic acids is 1. The van der Waals surface area contributed by atoms with Gasteiger partial charge in [-0.1, -0.05) is 20.8 Å². The van der Waals surface area contributed by atoms with Crippen molar-refractivity contribution in [1.29, 1.82) is 0 Å². The van der Waals surface area contributed by atoms with Crippen LogP contribution in [0.25, 0.3) is 0 Å². The summed E-state index contributed by atoms with van der Waals surface area (Å²) < 4.78 is 5.71. The van der Waals surface area contributed by atoms with E-state index >= 15 is 0 Å². The third-order valence-electron chi connectivity index (χ3n) is 5.81. The van der Waals surface area contributed by atoms with Crippen LogP contribution in [0.2, 0.25) is 0 Å². The predicted molar refractivity (Wildman–Crippen MR) is 70.5 cm³/mol. The van der Waals surface area contributed by atoms with E-state index in [4.69, 9.17) is 9.84 Å². The van der Waals surface area contributed by atoms with Gasteiger partial charge in [0.05, 0.1) is 0 Å². The number of carboxylic acids is 1. The van der Waals surface area contributed by atoms with Crippen LogP contribution in [0.5, 0.6) is 0 Å². The molecule has 19 heavy (non-hydrogen) atoms. The van der Waals surface area contributed by atoms with Gasteiger partial charge < -0.3 is 9.84 Å². The van der Waals surface area contributed by atoms with Crippen molar-refractivity contribution < 1.29 is 19.4 Å². The van der Waals surface area contributed by atoms with Crippen LogP contribution < -0.4 is 0 Å². The molecule has 2 aliphatic carbocycles. The van der Waals surface area contributed by atoms with Gasteiger partial charge in [0.15, 0.2) is 0 Å². The fraction of sp³-hybridized carbons (Fsp3) is 0.733. The minimum absolute atomic E-state index is 0.00606. The molecule has 0 saturated heterocycles.